The van der Waals surface area contributed by atoms with Crippen molar-refractivity contribution in [2.24, 2.45) is 5.92 Å². The molecule has 24 heavy (non-hydrogen) atoms. The third kappa shape index (κ3) is 3.44. The van der Waals surface area contributed by atoms with E-state index in [0.29, 0.717) is 5.82 Å². The number of nitrogens with one attached hydrogen (secondary N) is 1. The Morgan fingerprint density at radius 1 is 1.08 bits per heavy atom. The van der Waals surface area contributed by atoms with Gasteiger partial charge in [0.15, 0.2) is 0 Å². The maximum Gasteiger partial charge on any atom is 0.228 e. The lowest BCUT2D eigenvalue weighted by Crippen LogP contribution is -2.18. The first-order valence-corrected chi connectivity index (χ1v) is 9.16. The second kappa shape index (κ2) is 7.05. The molecule has 1 N–H and O–H groups in total. The van der Waals surface area contributed by atoms with Crippen LogP contribution in [0.25, 0.3) is 22.0 Å². The first kappa shape index (κ1) is 16.5. The van der Waals surface area contributed by atoms with E-state index in [9.17, 15) is 4.79 Å². The van der Waals surface area contributed by atoms with E-state index >= 15 is 0 Å². The molecule has 0 aliphatic rings. The second-order valence-electron chi connectivity index (χ2n) is 5.95. The van der Waals surface area contributed by atoms with E-state index in [0.717, 1.165) is 22.0 Å². The van der Waals surface area contributed by atoms with Crippen molar-refractivity contribution in [3.63, 3.8) is 0 Å². The second-order valence-corrected chi connectivity index (χ2v) is 6.83. The van der Waals surface area contributed by atoms with Crippen molar-refractivity contribution in [1.29, 1.82) is 0 Å². The summed E-state index contributed by atoms with van der Waals surface area (Å²) >= 11 is 1.71. The number of thioether (sulfide) groups is 1. The summed E-state index contributed by atoms with van der Waals surface area (Å²) in [6.07, 6.45) is 2.06. The van der Waals surface area contributed by atoms with Gasteiger partial charge in [-0.2, -0.15) is 0 Å². The minimum absolute atomic E-state index is 0.0264. The number of aromatic nitrogens is 1. The lowest BCUT2D eigenvalue weighted by Gasteiger charge is -2.12. The Kier molecular flexibility index (Phi) is 4.86. The summed E-state index contributed by atoms with van der Waals surface area (Å²) in [5, 5.41) is 5.06. The Labute approximate surface area is 146 Å². The van der Waals surface area contributed by atoms with E-state index < -0.39 is 0 Å². The molecule has 0 bridgehead atoms. The topological polar surface area (TPSA) is 42.0 Å². The number of fused-ring (bicyclic) bond motifs is 1. The van der Waals surface area contributed by atoms with E-state index in [4.69, 9.17) is 4.98 Å². The third-order valence-electron chi connectivity index (χ3n) is 3.88. The van der Waals surface area contributed by atoms with Crippen molar-refractivity contribution in [3.8, 4) is 11.3 Å². The zero-order valence-corrected chi connectivity index (χ0v) is 14.9. The van der Waals surface area contributed by atoms with E-state index in [-0.39, 0.29) is 11.8 Å². The number of carbonyl (C=O) groups is 1. The Morgan fingerprint density at radius 3 is 2.46 bits per heavy atom. The number of rotatable bonds is 4. The summed E-state index contributed by atoms with van der Waals surface area (Å²) in [5.74, 6) is 0.486. The molecular weight excluding hydrogens is 316 g/mol. The molecule has 3 aromatic rings. The fourth-order valence-corrected chi connectivity index (χ4v) is 2.91. The number of hydrogen-bond acceptors (Lipinski definition) is 3. The number of anilines is 1. The fourth-order valence-electron chi connectivity index (χ4n) is 2.50. The molecule has 0 aliphatic carbocycles. The number of carbonyl (C=O) groups excluding carboxylic acids is 1. The molecule has 1 aromatic heterocycles. The van der Waals surface area contributed by atoms with Crippen molar-refractivity contribution in [1.82, 2.24) is 4.98 Å². The number of hydrogen-bond donors (Lipinski definition) is 1. The Balaban J connectivity index is 2.11. The van der Waals surface area contributed by atoms with Crippen molar-refractivity contribution >= 4 is 34.3 Å². The van der Waals surface area contributed by atoms with Gasteiger partial charge in [0.25, 0.3) is 0 Å². The lowest BCUT2D eigenvalue weighted by atomic mass is 10.0. The van der Waals surface area contributed by atoms with Crippen LogP contribution in [0.4, 0.5) is 5.82 Å². The summed E-state index contributed by atoms with van der Waals surface area (Å²) in [5.41, 5.74) is 1.93. The van der Waals surface area contributed by atoms with Crippen molar-refractivity contribution in [2.45, 2.75) is 18.7 Å². The van der Waals surface area contributed by atoms with Crippen LogP contribution in [0.2, 0.25) is 0 Å². The van der Waals surface area contributed by atoms with Gasteiger partial charge in [-0.3, -0.25) is 4.79 Å². The molecule has 0 saturated heterocycles. The Hall–Kier alpha value is -2.33. The van der Waals surface area contributed by atoms with Gasteiger partial charge in [-0.05, 0) is 29.8 Å². The summed E-state index contributed by atoms with van der Waals surface area (Å²) in [6, 6.07) is 18.4. The number of pyridine rings is 1. The summed E-state index contributed by atoms with van der Waals surface area (Å²) in [7, 11) is 0. The highest BCUT2D eigenvalue weighted by Gasteiger charge is 2.12. The highest BCUT2D eigenvalue weighted by molar-refractivity contribution is 7.98. The molecule has 1 amide bonds. The Morgan fingerprint density at radius 2 is 1.79 bits per heavy atom. The van der Waals surface area contributed by atoms with Crippen LogP contribution in [0, 0.1) is 5.92 Å². The van der Waals surface area contributed by atoms with Gasteiger partial charge in [0.1, 0.15) is 5.82 Å². The van der Waals surface area contributed by atoms with Gasteiger partial charge in [0, 0.05) is 21.8 Å². The smallest absolute Gasteiger partial charge is 0.228 e. The minimum atomic E-state index is -0.0809. The fraction of sp³-hybridized carbons (Fsp3) is 0.200. The van der Waals surface area contributed by atoms with E-state index in [1.807, 2.05) is 38.1 Å². The van der Waals surface area contributed by atoms with Crippen molar-refractivity contribution < 1.29 is 4.79 Å². The first-order valence-electron chi connectivity index (χ1n) is 7.93. The van der Waals surface area contributed by atoms with E-state index in [1.165, 1.54) is 4.90 Å². The van der Waals surface area contributed by atoms with Gasteiger partial charge in [-0.1, -0.05) is 50.2 Å². The van der Waals surface area contributed by atoms with Gasteiger partial charge in [0.2, 0.25) is 5.91 Å². The SMILES string of the molecule is CSc1ccc(-c2nc(NC(=O)C(C)C)cc3ccccc23)cc1. The number of benzene rings is 2. The normalized spacial score (nSPS) is 11.0. The molecule has 0 radical (unpaired) electrons. The average molecular weight is 336 g/mol. The molecule has 3 rings (SSSR count). The van der Waals surface area contributed by atoms with Crippen LogP contribution in [0.3, 0.4) is 0 Å². The molecule has 0 saturated carbocycles. The van der Waals surface area contributed by atoms with Gasteiger partial charge in [0.05, 0.1) is 5.69 Å². The van der Waals surface area contributed by atoms with E-state index in [1.54, 1.807) is 11.8 Å². The van der Waals surface area contributed by atoms with Gasteiger partial charge >= 0.3 is 0 Å². The first-order chi connectivity index (χ1) is 11.6. The van der Waals surface area contributed by atoms with Crippen LogP contribution in [-0.2, 0) is 4.79 Å². The predicted molar refractivity (Wildman–Crippen MR) is 102 cm³/mol. The minimum Gasteiger partial charge on any atom is -0.310 e. The molecule has 0 spiro atoms. The third-order valence-corrected chi connectivity index (χ3v) is 4.62. The standard InChI is InChI=1S/C20H20N2OS/c1-13(2)20(23)22-18-12-15-6-4-5-7-17(15)19(21-18)14-8-10-16(24-3)11-9-14/h4-13H,1-3H3,(H,21,22,23). The summed E-state index contributed by atoms with van der Waals surface area (Å²) < 4.78 is 0. The van der Waals surface area contributed by atoms with Crippen LogP contribution in [0.1, 0.15) is 13.8 Å². The van der Waals surface area contributed by atoms with Crippen LogP contribution < -0.4 is 5.32 Å². The van der Waals surface area contributed by atoms with Crippen LogP contribution in [0.5, 0.6) is 0 Å². The molecular formula is C20H20N2OS. The van der Waals surface area contributed by atoms with Gasteiger partial charge in [-0.25, -0.2) is 4.98 Å². The molecule has 3 nitrogen and oxygen atoms in total. The van der Waals surface area contributed by atoms with Crippen LogP contribution >= 0.6 is 11.8 Å². The van der Waals surface area contributed by atoms with Crippen LogP contribution in [-0.4, -0.2) is 17.1 Å². The zero-order chi connectivity index (χ0) is 17.1. The molecule has 1 heterocycles. The summed E-state index contributed by atoms with van der Waals surface area (Å²) in [6.45, 7) is 3.75. The van der Waals surface area contributed by atoms with Gasteiger partial charge in [-0.15, -0.1) is 11.8 Å². The Bertz CT molecular complexity index is 872. The average Bonchev–Trinajstić information content (AvgIpc) is 2.61. The number of nitrogens with zero attached hydrogens (tertiary/aromatic N) is 1. The number of amides is 1. The molecule has 0 unspecified atom stereocenters. The maximum absolute atomic E-state index is 12.0. The highest BCUT2D eigenvalue weighted by Crippen LogP contribution is 2.30. The van der Waals surface area contributed by atoms with Crippen LogP contribution in [0.15, 0.2) is 59.5 Å². The quantitative estimate of drug-likeness (QED) is 0.664. The lowest BCUT2D eigenvalue weighted by molar-refractivity contribution is -0.118. The molecule has 2 aromatic carbocycles. The van der Waals surface area contributed by atoms with E-state index in [2.05, 4.69) is 41.9 Å². The van der Waals surface area contributed by atoms with Gasteiger partial charge < -0.3 is 5.32 Å². The predicted octanol–water partition coefficient (Wildman–Crippen LogP) is 5.22. The van der Waals surface area contributed by atoms with Crippen molar-refractivity contribution in [2.75, 3.05) is 11.6 Å². The highest BCUT2D eigenvalue weighted by atomic mass is 32.2. The van der Waals surface area contributed by atoms with Crippen molar-refractivity contribution in [3.05, 3.63) is 54.6 Å². The maximum atomic E-state index is 12.0. The molecule has 0 atom stereocenters. The molecule has 122 valence electrons. The largest absolute Gasteiger partial charge is 0.310 e. The molecule has 4 heteroatoms. The molecule has 0 aliphatic heterocycles. The zero-order valence-electron chi connectivity index (χ0n) is 14.0. The monoisotopic (exact) mass is 336 g/mol. The summed E-state index contributed by atoms with van der Waals surface area (Å²) in [4.78, 5) is 18.0. The molecule has 0 fully saturated rings.